The van der Waals surface area contributed by atoms with Crippen LogP contribution in [0, 0.1) is 6.92 Å². The molecule has 0 saturated heterocycles. The van der Waals surface area contributed by atoms with Gasteiger partial charge in [0, 0.05) is 10.2 Å². The van der Waals surface area contributed by atoms with Crippen molar-refractivity contribution in [1.82, 2.24) is 0 Å². The normalized spacial score (nSPS) is 15.2. The molecule has 14 heavy (non-hydrogen) atoms. The number of nitrogens with two attached hydrogens (primary N) is 2. The average molecular weight is 259 g/mol. The summed E-state index contributed by atoms with van der Waals surface area (Å²) < 4.78 is 0.817. The summed E-state index contributed by atoms with van der Waals surface area (Å²) in [5, 5.41) is 9.13. The molecule has 0 aromatic heterocycles. The second-order valence-corrected chi connectivity index (χ2v) is 4.62. The van der Waals surface area contributed by atoms with E-state index in [2.05, 4.69) is 15.9 Å². The van der Waals surface area contributed by atoms with E-state index < -0.39 is 5.54 Å². The van der Waals surface area contributed by atoms with Gasteiger partial charge in [-0.15, -0.1) is 0 Å². The fourth-order valence-electron chi connectivity index (χ4n) is 1.18. The highest BCUT2D eigenvalue weighted by molar-refractivity contribution is 9.10. The first-order valence-corrected chi connectivity index (χ1v) is 5.13. The summed E-state index contributed by atoms with van der Waals surface area (Å²) in [6, 6.07) is 3.74. The largest absolute Gasteiger partial charge is 0.398 e. The van der Waals surface area contributed by atoms with Gasteiger partial charge in [0.1, 0.15) is 0 Å². The molecule has 0 unspecified atom stereocenters. The second kappa shape index (κ2) is 3.88. The van der Waals surface area contributed by atoms with Crippen LogP contribution in [0.25, 0.3) is 0 Å². The zero-order chi connectivity index (χ0) is 10.9. The van der Waals surface area contributed by atoms with Crippen LogP contribution in [0.4, 0.5) is 5.69 Å². The van der Waals surface area contributed by atoms with Crippen LogP contribution in [0.5, 0.6) is 0 Å². The molecule has 5 N–H and O–H groups in total. The highest BCUT2D eigenvalue weighted by atomic mass is 79.9. The second-order valence-electron chi connectivity index (χ2n) is 3.76. The van der Waals surface area contributed by atoms with Gasteiger partial charge in [0.05, 0.1) is 12.1 Å². The molecule has 0 aliphatic heterocycles. The van der Waals surface area contributed by atoms with Crippen molar-refractivity contribution in [2.24, 2.45) is 5.73 Å². The molecule has 0 fully saturated rings. The SMILES string of the molecule is Cc1cc([C@@](C)(N)CO)cc(Br)c1N. The van der Waals surface area contributed by atoms with Gasteiger partial charge in [0.2, 0.25) is 0 Å². The lowest BCUT2D eigenvalue weighted by Crippen LogP contribution is -2.37. The third-order valence-corrected chi connectivity index (χ3v) is 2.98. The lowest BCUT2D eigenvalue weighted by atomic mass is 9.92. The number of hydrogen-bond acceptors (Lipinski definition) is 3. The molecule has 1 rings (SSSR count). The Morgan fingerprint density at radius 2 is 2.07 bits per heavy atom. The van der Waals surface area contributed by atoms with Crippen LogP contribution in [0.3, 0.4) is 0 Å². The highest BCUT2D eigenvalue weighted by Gasteiger charge is 2.21. The Hall–Kier alpha value is -0.580. The first-order valence-electron chi connectivity index (χ1n) is 4.34. The van der Waals surface area contributed by atoms with Crippen molar-refractivity contribution < 1.29 is 5.11 Å². The smallest absolute Gasteiger partial charge is 0.0650 e. The minimum absolute atomic E-state index is 0.0944. The van der Waals surface area contributed by atoms with Gasteiger partial charge in [-0.25, -0.2) is 0 Å². The molecule has 0 amide bonds. The van der Waals surface area contributed by atoms with Crippen molar-refractivity contribution in [3.05, 3.63) is 27.7 Å². The van der Waals surface area contributed by atoms with Gasteiger partial charge in [0.15, 0.2) is 0 Å². The fraction of sp³-hybridized carbons (Fsp3) is 0.400. The zero-order valence-electron chi connectivity index (χ0n) is 8.34. The molecule has 0 aliphatic rings. The molecule has 0 heterocycles. The Morgan fingerprint density at radius 3 is 2.50 bits per heavy atom. The minimum Gasteiger partial charge on any atom is -0.398 e. The van der Waals surface area contributed by atoms with Gasteiger partial charge in [-0.1, -0.05) is 6.07 Å². The Kier molecular flexibility index (Phi) is 3.19. The van der Waals surface area contributed by atoms with E-state index in [1.165, 1.54) is 0 Å². The Morgan fingerprint density at radius 1 is 1.50 bits per heavy atom. The molecule has 78 valence electrons. The number of halogens is 1. The molecule has 4 heteroatoms. The summed E-state index contributed by atoms with van der Waals surface area (Å²) in [7, 11) is 0. The van der Waals surface area contributed by atoms with E-state index in [1.54, 1.807) is 6.92 Å². The van der Waals surface area contributed by atoms with E-state index in [4.69, 9.17) is 16.6 Å². The summed E-state index contributed by atoms with van der Waals surface area (Å²) in [5.41, 5.74) is 13.5. The van der Waals surface area contributed by atoms with Gasteiger partial charge >= 0.3 is 0 Å². The standard InChI is InChI=1S/C10H15BrN2O/c1-6-3-7(10(2,13)5-14)4-8(11)9(6)12/h3-4,14H,5,12-13H2,1-2H3/t10-/m0/s1. The molecule has 0 saturated carbocycles. The van der Waals surface area contributed by atoms with E-state index in [-0.39, 0.29) is 6.61 Å². The van der Waals surface area contributed by atoms with Crippen molar-refractivity contribution in [2.45, 2.75) is 19.4 Å². The van der Waals surface area contributed by atoms with Gasteiger partial charge in [-0.05, 0) is 47.0 Å². The maximum atomic E-state index is 9.13. The molecule has 1 aromatic carbocycles. The first-order chi connectivity index (χ1) is 6.38. The summed E-state index contributed by atoms with van der Waals surface area (Å²) in [6.45, 7) is 3.60. The van der Waals surface area contributed by atoms with Gasteiger partial charge < -0.3 is 16.6 Å². The molecular formula is C10H15BrN2O. The summed E-state index contributed by atoms with van der Waals surface area (Å²) in [4.78, 5) is 0. The van der Waals surface area contributed by atoms with Crippen LogP contribution in [0.1, 0.15) is 18.1 Å². The number of aliphatic hydroxyl groups excluding tert-OH is 1. The Balaban J connectivity index is 3.26. The quantitative estimate of drug-likeness (QED) is 0.705. The molecule has 0 spiro atoms. The molecule has 1 atom stereocenters. The van der Waals surface area contributed by atoms with Crippen molar-refractivity contribution in [1.29, 1.82) is 0 Å². The van der Waals surface area contributed by atoms with E-state index in [9.17, 15) is 0 Å². The summed E-state index contributed by atoms with van der Waals surface area (Å²) in [5.74, 6) is 0. The van der Waals surface area contributed by atoms with Crippen molar-refractivity contribution in [3.8, 4) is 0 Å². The van der Waals surface area contributed by atoms with Crippen LogP contribution in [-0.4, -0.2) is 11.7 Å². The van der Waals surface area contributed by atoms with Crippen LogP contribution < -0.4 is 11.5 Å². The number of benzene rings is 1. The maximum Gasteiger partial charge on any atom is 0.0650 e. The lowest BCUT2D eigenvalue weighted by molar-refractivity contribution is 0.210. The monoisotopic (exact) mass is 258 g/mol. The lowest BCUT2D eigenvalue weighted by Gasteiger charge is -2.23. The van der Waals surface area contributed by atoms with E-state index in [0.717, 1.165) is 15.6 Å². The molecule has 0 bridgehead atoms. The number of anilines is 1. The Labute approximate surface area is 92.2 Å². The van der Waals surface area contributed by atoms with Crippen molar-refractivity contribution >= 4 is 21.6 Å². The predicted molar refractivity (Wildman–Crippen MR) is 61.9 cm³/mol. The summed E-state index contributed by atoms with van der Waals surface area (Å²) in [6.07, 6.45) is 0. The number of aliphatic hydroxyl groups is 1. The number of aryl methyl sites for hydroxylation is 1. The molecule has 0 radical (unpaired) electrons. The first kappa shape index (κ1) is 11.5. The van der Waals surface area contributed by atoms with Crippen LogP contribution in [0.15, 0.2) is 16.6 Å². The third-order valence-electron chi connectivity index (χ3n) is 2.32. The van der Waals surface area contributed by atoms with Gasteiger partial charge in [0.25, 0.3) is 0 Å². The molecule has 1 aromatic rings. The summed E-state index contributed by atoms with van der Waals surface area (Å²) >= 11 is 3.36. The number of rotatable bonds is 2. The number of nitrogen functional groups attached to an aromatic ring is 1. The van der Waals surface area contributed by atoms with Crippen molar-refractivity contribution in [3.63, 3.8) is 0 Å². The highest BCUT2D eigenvalue weighted by Crippen LogP contribution is 2.29. The van der Waals surface area contributed by atoms with Crippen LogP contribution in [0.2, 0.25) is 0 Å². The van der Waals surface area contributed by atoms with E-state index >= 15 is 0 Å². The topological polar surface area (TPSA) is 72.3 Å². The molecular weight excluding hydrogens is 244 g/mol. The number of hydrogen-bond donors (Lipinski definition) is 3. The van der Waals surface area contributed by atoms with Crippen molar-refractivity contribution in [2.75, 3.05) is 12.3 Å². The minimum atomic E-state index is -0.721. The predicted octanol–water partition coefficient (Wildman–Crippen LogP) is 1.51. The van der Waals surface area contributed by atoms with E-state index in [1.807, 2.05) is 19.1 Å². The Bertz CT molecular complexity index is 327. The van der Waals surface area contributed by atoms with E-state index in [0.29, 0.717) is 5.69 Å². The van der Waals surface area contributed by atoms with Crippen LogP contribution in [-0.2, 0) is 5.54 Å². The third kappa shape index (κ3) is 2.08. The van der Waals surface area contributed by atoms with Gasteiger partial charge in [-0.3, -0.25) is 0 Å². The fourth-order valence-corrected chi connectivity index (χ4v) is 1.74. The van der Waals surface area contributed by atoms with Crippen LogP contribution >= 0.6 is 15.9 Å². The maximum absolute atomic E-state index is 9.13. The zero-order valence-corrected chi connectivity index (χ0v) is 9.93. The molecule has 0 aliphatic carbocycles. The average Bonchev–Trinajstić information content (AvgIpc) is 2.13. The molecule has 3 nitrogen and oxygen atoms in total. The van der Waals surface area contributed by atoms with Gasteiger partial charge in [-0.2, -0.15) is 0 Å².